The van der Waals surface area contributed by atoms with Crippen molar-refractivity contribution in [3.63, 3.8) is 0 Å². The van der Waals surface area contributed by atoms with E-state index < -0.39 is 0 Å². The highest BCUT2D eigenvalue weighted by Gasteiger charge is 2.04. The second-order valence-electron chi connectivity index (χ2n) is 3.38. The predicted octanol–water partition coefficient (Wildman–Crippen LogP) is 2.22. The first-order valence-corrected chi connectivity index (χ1v) is 4.88. The van der Waals surface area contributed by atoms with Gasteiger partial charge in [0.15, 0.2) is 5.78 Å². The normalized spacial score (nSPS) is 10.1. The second kappa shape index (κ2) is 5.51. The Morgan fingerprint density at radius 2 is 2.07 bits per heavy atom. The van der Waals surface area contributed by atoms with Gasteiger partial charge in [0, 0.05) is 12.7 Å². The monoisotopic (exact) mass is 208 g/mol. The summed E-state index contributed by atoms with van der Waals surface area (Å²) < 4.78 is 10.4. The van der Waals surface area contributed by atoms with Gasteiger partial charge in [0.05, 0.1) is 6.61 Å². The average Bonchev–Trinajstić information content (AvgIpc) is 2.20. The van der Waals surface area contributed by atoms with Gasteiger partial charge in [-0.1, -0.05) is 12.1 Å². The fraction of sp³-hybridized carbons (Fsp3) is 0.417. The molecule has 0 spiro atoms. The molecule has 0 amide bonds. The number of carbonyl (C=O) groups excluding carboxylic acids is 1. The number of hydrogen-bond donors (Lipinski definition) is 0. The van der Waals surface area contributed by atoms with Gasteiger partial charge in [-0.3, -0.25) is 4.79 Å². The number of aryl methyl sites for hydroxylation is 1. The molecule has 1 rings (SSSR count). The molecule has 0 saturated carbocycles. The number of Topliss-reactive ketones (excluding diaryl/α,β-unsaturated/α-hetero) is 1. The maximum absolute atomic E-state index is 11.2. The van der Waals surface area contributed by atoms with Crippen molar-refractivity contribution in [1.82, 2.24) is 0 Å². The number of carbonyl (C=O) groups is 1. The third-order valence-electron chi connectivity index (χ3n) is 2.14. The molecule has 0 N–H and O–H groups in total. The zero-order chi connectivity index (χ0) is 11.3. The number of benzene rings is 1. The fourth-order valence-electron chi connectivity index (χ4n) is 1.21. The number of hydrogen-bond acceptors (Lipinski definition) is 3. The maximum Gasteiger partial charge on any atom is 0.159 e. The summed E-state index contributed by atoms with van der Waals surface area (Å²) in [6, 6.07) is 5.47. The minimum atomic E-state index is 0.0478. The van der Waals surface area contributed by atoms with Crippen molar-refractivity contribution in [2.24, 2.45) is 0 Å². The summed E-state index contributed by atoms with van der Waals surface area (Å²) in [5, 5.41) is 0. The first-order valence-electron chi connectivity index (χ1n) is 4.88. The molecule has 0 atom stereocenters. The topological polar surface area (TPSA) is 35.5 Å². The molecule has 0 fully saturated rings. The standard InChI is InChI=1S/C12H16O3/c1-9-4-5-11(10(2)13)8-12(9)15-7-6-14-3/h4-5,8H,6-7H2,1-3H3. The van der Waals surface area contributed by atoms with Crippen LogP contribution in [0.4, 0.5) is 0 Å². The molecule has 0 bridgehead atoms. The number of methoxy groups -OCH3 is 1. The zero-order valence-corrected chi connectivity index (χ0v) is 9.37. The summed E-state index contributed by atoms with van der Waals surface area (Å²) >= 11 is 0. The van der Waals surface area contributed by atoms with Crippen LogP contribution < -0.4 is 4.74 Å². The third-order valence-corrected chi connectivity index (χ3v) is 2.14. The smallest absolute Gasteiger partial charge is 0.159 e. The summed E-state index contributed by atoms with van der Waals surface area (Å²) in [5.41, 5.74) is 1.70. The van der Waals surface area contributed by atoms with Gasteiger partial charge in [-0.25, -0.2) is 0 Å². The molecule has 3 nitrogen and oxygen atoms in total. The maximum atomic E-state index is 11.2. The van der Waals surface area contributed by atoms with Crippen LogP contribution in [0.2, 0.25) is 0 Å². The van der Waals surface area contributed by atoms with E-state index in [1.165, 1.54) is 0 Å². The van der Waals surface area contributed by atoms with E-state index in [-0.39, 0.29) is 5.78 Å². The molecule has 0 aliphatic carbocycles. The fourth-order valence-corrected chi connectivity index (χ4v) is 1.21. The molecule has 1 aromatic rings. The number of rotatable bonds is 5. The van der Waals surface area contributed by atoms with Crippen LogP contribution in [0.15, 0.2) is 18.2 Å². The van der Waals surface area contributed by atoms with E-state index >= 15 is 0 Å². The molecule has 0 heterocycles. The molecule has 0 radical (unpaired) electrons. The Morgan fingerprint density at radius 3 is 2.67 bits per heavy atom. The van der Waals surface area contributed by atoms with Crippen molar-refractivity contribution < 1.29 is 14.3 Å². The Balaban J connectivity index is 2.76. The van der Waals surface area contributed by atoms with Crippen molar-refractivity contribution >= 4 is 5.78 Å². The van der Waals surface area contributed by atoms with Gasteiger partial charge in [0.2, 0.25) is 0 Å². The average molecular weight is 208 g/mol. The highest BCUT2D eigenvalue weighted by molar-refractivity contribution is 5.94. The van der Waals surface area contributed by atoms with E-state index in [2.05, 4.69) is 0 Å². The molecular formula is C12H16O3. The predicted molar refractivity (Wildman–Crippen MR) is 58.6 cm³/mol. The first-order chi connectivity index (χ1) is 7.15. The Kier molecular flexibility index (Phi) is 4.31. The van der Waals surface area contributed by atoms with E-state index in [1.807, 2.05) is 13.0 Å². The van der Waals surface area contributed by atoms with Gasteiger partial charge in [-0.2, -0.15) is 0 Å². The lowest BCUT2D eigenvalue weighted by Gasteiger charge is -2.09. The molecule has 0 aliphatic rings. The van der Waals surface area contributed by atoms with Crippen LogP contribution in [0.5, 0.6) is 5.75 Å². The van der Waals surface area contributed by atoms with Crippen molar-refractivity contribution in [2.75, 3.05) is 20.3 Å². The molecule has 0 saturated heterocycles. The number of ketones is 1. The van der Waals surface area contributed by atoms with E-state index in [9.17, 15) is 4.79 Å². The largest absolute Gasteiger partial charge is 0.491 e. The Hall–Kier alpha value is -1.35. The molecule has 15 heavy (non-hydrogen) atoms. The lowest BCUT2D eigenvalue weighted by molar-refractivity contribution is 0.101. The lowest BCUT2D eigenvalue weighted by atomic mass is 10.1. The van der Waals surface area contributed by atoms with Crippen molar-refractivity contribution in [3.05, 3.63) is 29.3 Å². The van der Waals surface area contributed by atoms with Crippen molar-refractivity contribution in [3.8, 4) is 5.75 Å². The molecule has 1 aromatic carbocycles. The van der Waals surface area contributed by atoms with Gasteiger partial charge in [-0.05, 0) is 25.5 Å². The molecule has 0 unspecified atom stereocenters. The van der Waals surface area contributed by atoms with E-state index in [0.717, 1.165) is 11.3 Å². The first kappa shape index (κ1) is 11.7. The van der Waals surface area contributed by atoms with Gasteiger partial charge in [0.1, 0.15) is 12.4 Å². The SMILES string of the molecule is COCCOc1cc(C(C)=O)ccc1C. The summed E-state index contributed by atoms with van der Waals surface area (Å²) in [5.74, 6) is 0.798. The summed E-state index contributed by atoms with van der Waals surface area (Å²) in [6.07, 6.45) is 0. The highest BCUT2D eigenvalue weighted by Crippen LogP contribution is 2.19. The van der Waals surface area contributed by atoms with E-state index in [0.29, 0.717) is 18.8 Å². The molecular weight excluding hydrogens is 192 g/mol. The van der Waals surface area contributed by atoms with Crippen LogP contribution in [0, 0.1) is 6.92 Å². The molecule has 3 heteroatoms. The van der Waals surface area contributed by atoms with E-state index in [1.54, 1.807) is 26.2 Å². The Labute approximate surface area is 90.0 Å². The number of ether oxygens (including phenoxy) is 2. The van der Waals surface area contributed by atoms with E-state index in [4.69, 9.17) is 9.47 Å². The highest BCUT2D eigenvalue weighted by atomic mass is 16.5. The van der Waals surface area contributed by atoms with Crippen LogP contribution in [-0.2, 0) is 4.74 Å². The van der Waals surface area contributed by atoms with Crippen LogP contribution in [-0.4, -0.2) is 26.1 Å². The minimum Gasteiger partial charge on any atom is -0.491 e. The summed E-state index contributed by atoms with van der Waals surface area (Å²) in [7, 11) is 1.63. The van der Waals surface area contributed by atoms with Gasteiger partial charge in [0.25, 0.3) is 0 Å². The van der Waals surface area contributed by atoms with Gasteiger partial charge >= 0.3 is 0 Å². The van der Waals surface area contributed by atoms with Crippen LogP contribution in [0.1, 0.15) is 22.8 Å². The van der Waals surface area contributed by atoms with Crippen LogP contribution >= 0.6 is 0 Å². The quantitative estimate of drug-likeness (QED) is 0.550. The summed E-state index contributed by atoms with van der Waals surface area (Å²) in [4.78, 5) is 11.2. The Morgan fingerprint density at radius 1 is 1.33 bits per heavy atom. The lowest BCUT2D eigenvalue weighted by Crippen LogP contribution is -2.06. The summed E-state index contributed by atoms with van der Waals surface area (Å²) in [6.45, 7) is 4.54. The molecule has 0 aromatic heterocycles. The second-order valence-corrected chi connectivity index (χ2v) is 3.38. The van der Waals surface area contributed by atoms with Crippen LogP contribution in [0.3, 0.4) is 0 Å². The molecule has 82 valence electrons. The van der Waals surface area contributed by atoms with Crippen molar-refractivity contribution in [1.29, 1.82) is 0 Å². The minimum absolute atomic E-state index is 0.0478. The van der Waals surface area contributed by atoms with Gasteiger partial charge in [-0.15, -0.1) is 0 Å². The Bertz CT molecular complexity index is 345. The third kappa shape index (κ3) is 3.36. The van der Waals surface area contributed by atoms with Crippen LogP contribution in [0.25, 0.3) is 0 Å². The molecule has 0 aliphatic heterocycles. The zero-order valence-electron chi connectivity index (χ0n) is 9.37. The van der Waals surface area contributed by atoms with Crippen molar-refractivity contribution in [2.45, 2.75) is 13.8 Å². The van der Waals surface area contributed by atoms with Gasteiger partial charge < -0.3 is 9.47 Å².